The Bertz CT molecular complexity index is 828. The van der Waals surface area contributed by atoms with E-state index in [-0.39, 0.29) is 5.91 Å². The topological polar surface area (TPSA) is 42.0 Å². The summed E-state index contributed by atoms with van der Waals surface area (Å²) >= 11 is 11.6. The molecule has 3 rings (SSSR count). The van der Waals surface area contributed by atoms with Gasteiger partial charge >= 0.3 is 0 Å². The van der Waals surface area contributed by atoms with E-state index in [0.717, 1.165) is 23.6 Å². The van der Waals surface area contributed by atoms with Crippen molar-refractivity contribution in [1.82, 2.24) is 4.98 Å². The van der Waals surface area contributed by atoms with Gasteiger partial charge in [-0.3, -0.25) is 9.78 Å². The Kier molecular flexibility index (Phi) is 4.44. The van der Waals surface area contributed by atoms with Crippen LogP contribution in [0.2, 0.25) is 0 Å². The first-order valence-electron chi connectivity index (χ1n) is 5.85. The van der Waals surface area contributed by atoms with E-state index in [1.165, 1.54) is 11.3 Å². The first-order chi connectivity index (χ1) is 10.0. The van der Waals surface area contributed by atoms with Crippen LogP contribution in [-0.2, 0) is 0 Å². The second-order valence-corrected chi connectivity index (χ2v) is 8.36. The van der Waals surface area contributed by atoms with Crippen LogP contribution in [-0.4, -0.2) is 10.9 Å². The molecule has 3 aromatic rings. The number of carbonyl (C=O) groups excluding carboxylic acids is 1. The van der Waals surface area contributed by atoms with Crippen molar-refractivity contribution in [3.05, 3.63) is 54.1 Å². The molecule has 0 radical (unpaired) electrons. The molecule has 0 spiro atoms. The molecular formula is C14H7Br3N2OS. The Hall–Kier alpha value is -0.760. The highest BCUT2D eigenvalue weighted by Crippen LogP contribution is 2.33. The van der Waals surface area contributed by atoms with E-state index in [0.29, 0.717) is 10.6 Å². The quantitative estimate of drug-likeness (QED) is 0.490. The highest BCUT2D eigenvalue weighted by atomic mass is 79.9. The summed E-state index contributed by atoms with van der Waals surface area (Å²) in [6, 6.07) is 9.46. The predicted octanol–water partition coefficient (Wildman–Crippen LogP) is 5.84. The third kappa shape index (κ3) is 3.21. The van der Waals surface area contributed by atoms with Gasteiger partial charge in [-0.15, -0.1) is 11.3 Å². The number of nitrogens with one attached hydrogen (secondary N) is 1. The summed E-state index contributed by atoms with van der Waals surface area (Å²) in [6.45, 7) is 0. The van der Waals surface area contributed by atoms with Gasteiger partial charge in [0.1, 0.15) is 0 Å². The fourth-order valence-electron chi connectivity index (χ4n) is 1.88. The number of rotatable bonds is 2. The molecule has 0 atom stereocenters. The first kappa shape index (κ1) is 15.1. The minimum absolute atomic E-state index is 0.149. The third-order valence-corrected chi connectivity index (χ3v) is 6.48. The predicted molar refractivity (Wildman–Crippen MR) is 97.1 cm³/mol. The smallest absolute Gasteiger partial charge is 0.265 e. The van der Waals surface area contributed by atoms with Gasteiger partial charge in [0.2, 0.25) is 0 Å². The number of halogens is 3. The van der Waals surface area contributed by atoms with E-state index in [1.54, 1.807) is 12.3 Å². The SMILES string of the molecule is O=C(Nc1cccc2cc(Br)cnc12)c1cc(Br)c(Br)s1. The molecule has 0 bridgehead atoms. The van der Waals surface area contributed by atoms with Crippen molar-refractivity contribution in [2.24, 2.45) is 0 Å². The molecule has 1 N–H and O–H groups in total. The van der Waals surface area contributed by atoms with Gasteiger partial charge in [-0.2, -0.15) is 0 Å². The number of fused-ring (bicyclic) bond motifs is 1. The van der Waals surface area contributed by atoms with Crippen LogP contribution < -0.4 is 5.32 Å². The van der Waals surface area contributed by atoms with E-state index in [1.807, 2.05) is 24.3 Å². The summed E-state index contributed by atoms with van der Waals surface area (Å²) in [6.07, 6.45) is 1.72. The minimum Gasteiger partial charge on any atom is -0.319 e. The Labute approximate surface area is 150 Å². The monoisotopic (exact) mass is 488 g/mol. The van der Waals surface area contributed by atoms with E-state index >= 15 is 0 Å². The molecule has 21 heavy (non-hydrogen) atoms. The summed E-state index contributed by atoms with van der Waals surface area (Å²) in [4.78, 5) is 17.3. The van der Waals surface area contributed by atoms with Crippen molar-refractivity contribution in [3.63, 3.8) is 0 Å². The van der Waals surface area contributed by atoms with Gasteiger partial charge in [0.05, 0.1) is 19.9 Å². The number of pyridine rings is 1. The van der Waals surface area contributed by atoms with Gasteiger partial charge < -0.3 is 5.32 Å². The number of aromatic nitrogens is 1. The highest BCUT2D eigenvalue weighted by Gasteiger charge is 2.13. The van der Waals surface area contributed by atoms with E-state index in [4.69, 9.17) is 0 Å². The zero-order valence-corrected chi connectivity index (χ0v) is 15.9. The standard InChI is InChI=1S/C14H7Br3N2OS/c15-8-4-7-2-1-3-10(12(7)18-6-8)19-14(20)11-5-9(16)13(17)21-11/h1-6H,(H,19,20). The Morgan fingerprint density at radius 3 is 2.71 bits per heavy atom. The molecule has 1 amide bonds. The summed E-state index contributed by atoms with van der Waals surface area (Å²) in [5, 5.41) is 3.88. The zero-order chi connectivity index (χ0) is 15.0. The van der Waals surface area contributed by atoms with Crippen LogP contribution in [0.1, 0.15) is 9.67 Å². The lowest BCUT2D eigenvalue weighted by Crippen LogP contribution is -2.10. The molecule has 0 saturated carbocycles. The number of carbonyl (C=O) groups is 1. The lowest BCUT2D eigenvalue weighted by Gasteiger charge is -2.07. The lowest BCUT2D eigenvalue weighted by molar-refractivity contribution is 0.103. The molecule has 0 unspecified atom stereocenters. The van der Waals surface area contributed by atoms with Crippen LogP contribution in [0.4, 0.5) is 5.69 Å². The second kappa shape index (κ2) is 6.16. The van der Waals surface area contributed by atoms with Crippen LogP contribution in [0, 0.1) is 0 Å². The van der Waals surface area contributed by atoms with E-state index in [9.17, 15) is 4.79 Å². The van der Waals surface area contributed by atoms with Gasteiger partial charge in [0.15, 0.2) is 0 Å². The molecule has 106 valence electrons. The molecule has 3 nitrogen and oxygen atoms in total. The van der Waals surface area contributed by atoms with Gasteiger partial charge in [0, 0.05) is 20.5 Å². The summed E-state index contributed by atoms with van der Waals surface area (Å²) in [5.74, 6) is -0.149. The number of nitrogens with zero attached hydrogens (tertiary/aromatic N) is 1. The molecule has 0 aliphatic carbocycles. The van der Waals surface area contributed by atoms with Gasteiger partial charge in [-0.05, 0) is 66.0 Å². The number of benzene rings is 1. The van der Waals surface area contributed by atoms with Crippen LogP contribution in [0.15, 0.2) is 49.3 Å². The number of para-hydroxylation sites is 1. The Morgan fingerprint density at radius 1 is 1.19 bits per heavy atom. The molecule has 0 fully saturated rings. The fraction of sp³-hybridized carbons (Fsp3) is 0. The lowest BCUT2D eigenvalue weighted by atomic mass is 10.2. The van der Waals surface area contributed by atoms with Gasteiger partial charge in [-0.25, -0.2) is 0 Å². The molecule has 2 aromatic heterocycles. The summed E-state index contributed by atoms with van der Waals surface area (Å²) < 4.78 is 2.68. The van der Waals surface area contributed by atoms with Crippen molar-refractivity contribution in [2.45, 2.75) is 0 Å². The molecule has 0 aliphatic rings. The minimum atomic E-state index is -0.149. The Balaban J connectivity index is 1.96. The maximum atomic E-state index is 12.3. The van der Waals surface area contributed by atoms with Gasteiger partial charge in [-0.1, -0.05) is 12.1 Å². The Morgan fingerprint density at radius 2 is 2.00 bits per heavy atom. The van der Waals surface area contributed by atoms with Crippen molar-refractivity contribution in [1.29, 1.82) is 0 Å². The van der Waals surface area contributed by atoms with Crippen molar-refractivity contribution < 1.29 is 4.79 Å². The third-order valence-electron chi connectivity index (χ3n) is 2.79. The number of amides is 1. The van der Waals surface area contributed by atoms with Crippen molar-refractivity contribution in [2.75, 3.05) is 5.32 Å². The molecule has 0 saturated heterocycles. The number of hydrogen-bond acceptors (Lipinski definition) is 3. The number of hydrogen-bond donors (Lipinski definition) is 1. The number of anilines is 1. The normalized spacial score (nSPS) is 10.8. The zero-order valence-electron chi connectivity index (χ0n) is 10.4. The largest absolute Gasteiger partial charge is 0.319 e. The summed E-state index contributed by atoms with van der Waals surface area (Å²) in [7, 11) is 0. The molecule has 0 aliphatic heterocycles. The molecule has 2 heterocycles. The van der Waals surface area contributed by atoms with E-state index in [2.05, 4.69) is 58.1 Å². The molecular weight excluding hydrogens is 484 g/mol. The summed E-state index contributed by atoms with van der Waals surface area (Å²) in [5.41, 5.74) is 1.47. The van der Waals surface area contributed by atoms with Gasteiger partial charge in [0.25, 0.3) is 5.91 Å². The van der Waals surface area contributed by atoms with Crippen molar-refractivity contribution in [3.8, 4) is 0 Å². The van der Waals surface area contributed by atoms with Crippen LogP contribution in [0.25, 0.3) is 10.9 Å². The number of thiophene rings is 1. The van der Waals surface area contributed by atoms with Crippen LogP contribution >= 0.6 is 59.1 Å². The maximum Gasteiger partial charge on any atom is 0.265 e. The van der Waals surface area contributed by atoms with E-state index < -0.39 is 0 Å². The fourth-order valence-corrected chi connectivity index (χ4v) is 4.16. The second-order valence-electron chi connectivity index (χ2n) is 4.22. The van der Waals surface area contributed by atoms with Crippen molar-refractivity contribution >= 4 is 81.6 Å². The van der Waals surface area contributed by atoms with Crippen LogP contribution in [0.5, 0.6) is 0 Å². The first-order valence-corrected chi connectivity index (χ1v) is 9.04. The maximum absolute atomic E-state index is 12.3. The molecule has 7 heteroatoms. The van der Waals surface area contributed by atoms with Crippen LogP contribution in [0.3, 0.4) is 0 Å². The average Bonchev–Trinajstić information content (AvgIpc) is 2.79. The molecule has 1 aromatic carbocycles. The highest BCUT2D eigenvalue weighted by molar-refractivity contribution is 9.13. The average molecular weight is 491 g/mol.